The molecule has 8 aromatic rings. The van der Waals surface area contributed by atoms with Crippen LogP contribution in [0, 0.1) is 6.92 Å². The number of hydrogen-bond acceptors (Lipinski definition) is 4. The average molecular weight is 577 g/mol. The monoisotopic (exact) mass is 576 g/mol. The number of hydrogen-bond donors (Lipinski definition) is 0. The zero-order valence-electron chi connectivity index (χ0n) is 24.7. The number of aryl methyl sites for hydroxylation is 1. The fraction of sp³-hybridized carbons (Fsp3) is 0.0244. The van der Waals surface area contributed by atoms with Gasteiger partial charge in [0.25, 0.3) is 0 Å². The lowest BCUT2D eigenvalue weighted by Gasteiger charge is -2.13. The highest BCUT2D eigenvalue weighted by Crippen LogP contribution is 2.35. The van der Waals surface area contributed by atoms with Gasteiger partial charge in [-0.2, -0.15) is 0 Å². The lowest BCUT2D eigenvalue weighted by molar-refractivity contribution is 1.18. The molecule has 0 bridgehead atoms. The predicted molar refractivity (Wildman–Crippen MR) is 185 cm³/mol. The van der Waals surface area contributed by atoms with Crippen LogP contribution in [0.15, 0.2) is 152 Å². The zero-order valence-corrected chi connectivity index (χ0v) is 24.7. The van der Waals surface area contributed by atoms with Gasteiger partial charge in [-0.15, -0.1) is 0 Å². The molecule has 2 aromatic heterocycles. The minimum absolute atomic E-state index is 0.683. The molecule has 0 saturated heterocycles. The summed E-state index contributed by atoms with van der Waals surface area (Å²) in [5, 5.41) is 3.38. The van der Waals surface area contributed by atoms with Crippen molar-refractivity contribution < 1.29 is 0 Å². The summed E-state index contributed by atoms with van der Waals surface area (Å²) in [5.41, 5.74) is 9.71. The highest BCUT2D eigenvalue weighted by atomic mass is 14.9. The fourth-order valence-electron chi connectivity index (χ4n) is 5.97. The molecule has 0 saturated carbocycles. The number of fused-ring (bicyclic) bond motifs is 2. The number of nitrogens with zero attached hydrogens (tertiary/aromatic N) is 4. The molecule has 0 amide bonds. The average Bonchev–Trinajstić information content (AvgIpc) is 3.11. The molecule has 8 rings (SSSR count). The Labute approximate surface area is 261 Å². The van der Waals surface area contributed by atoms with Gasteiger partial charge in [0.2, 0.25) is 0 Å². The van der Waals surface area contributed by atoms with Gasteiger partial charge in [-0.1, -0.05) is 121 Å². The summed E-state index contributed by atoms with van der Waals surface area (Å²) < 4.78 is 0. The van der Waals surface area contributed by atoms with E-state index in [0.717, 1.165) is 61.4 Å². The van der Waals surface area contributed by atoms with Crippen molar-refractivity contribution in [3.8, 4) is 56.5 Å². The van der Waals surface area contributed by atoms with E-state index in [2.05, 4.69) is 104 Å². The van der Waals surface area contributed by atoms with E-state index in [4.69, 9.17) is 19.9 Å². The summed E-state index contributed by atoms with van der Waals surface area (Å²) in [7, 11) is 0. The molecule has 212 valence electrons. The van der Waals surface area contributed by atoms with E-state index in [9.17, 15) is 0 Å². The minimum atomic E-state index is 0.683. The number of rotatable bonds is 5. The summed E-state index contributed by atoms with van der Waals surface area (Å²) in [4.78, 5) is 20.4. The fourth-order valence-corrected chi connectivity index (χ4v) is 5.97. The Kier molecular flexibility index (Phi) is 6.65. The summed E-state index contributed by atoms with van der Waals surface area (Å²) in [6, 6.07) is 52.1. The van der Waals surface area contributed by atoms with Crippen molar-refractivity contribution in [2.24, 2.45) is 0 Å². The molecule has 0 N–H and O–H groups in total. The molecule has 2 heterocycles. The van der Waals surface area contributed by atoms with Crippen LogP contribution in [0.3, 0.4) is 0 Å². The molecule has 4 nitrogen and oxygen atoms in total. The van der Waals surface area contributed by atoms with Gasteiger partial charge in [-0.3, -0.25) is 0 Å². The molecular formula is C41H28N4. The van der Waals surface area contributed by atoms with E-state index in [0.29, 0.717) is 11.6 Å². The number of aromatic nitrogens is 4. The van der Waals surface area contributed by atoms with Gasteiger partial charge in [-0.25, -0.2) is 19.9 Å². The summed E-state index contributed by atoms with van der Waals surface area (Å²) in [5.74, 6) is 1.37. The van der Waals surface area contributed by atoms with Crippen molar-refractivity contribution in [3.63, 3.8) is 0 Å². The Morgan fingerprint density at radius 1 is 0.400 bits per heavy atom. The standard InChI is InChI=1S/C41H28N4/c1-27-23-31(38-26-37(29-14-4-2-5-15-29)43-40(44-38)30-16-6-3-7-17-30)25-32(24-27)41-42-36-22-11-10-20-35(36)39(45-41)34-21-12-18-28-13-8-9-19-33(28)34/h2-26H,1H3. The summed E-state index contributed by atoms with van der Waals surface area (Å²) in [6.07, 6.45) is 0. The van der Waals surface area contributed by atoms with Crippen LogP contribution in [0.4, 0.5) is 0 Å². The minimum Gasteiger partial charge on any atom is -0.228 e. The van der Waals surface area contributed by atoms with Gasteiger partial charge in [0.15, 0.2) is 11.6 Å². The third-order valence-corrected chi connectivity index (χ3v) is 8.11. The molecule has 4 heteroatoms. The van der Waals surface area contributed by atoms with E-state index in [-0.39, 0.29) is 0 Å². The Morgan fingerprint density at radius 3 is 1.80 bits per heavy atom. The quantitative estimate of drug-likeness (QED) is 0.205. The van der Waals surface area contributed by atoms with E-state index >= 15 is 0 Å². The van der Waals surface area contributed by atoms with Gasteiger partial charge >= 0.3 is 0 Å². The van der Waals surface area contributed by atoms with Crippen molar-refractivity contribution in [3.05, 3.63) is 157 Å². The third kappa shape index (κ3) is 5.13. The Bertz CT molecular complexity index is 2270. The molecule has 0 spiro atoms. The van der Waals surface area contributed by atoms with Crippen LogP contribution in [-0.2, 0) is 0 Å². The van der Waals surface area contributed by atoms with Gasteiger partial charge in [0.1, 0.15) is 0 Å². The molecule has 0 unspecified atom stereocenters. The van der Waals surface area contributed by atoms with Crippen molar-refractivity contribution >= 4 is 21.7 Å². The largest absolute Gasteiger partial charge is 0.228 e. The van der Waals surface area contributed by atoms with E-state index in [1.807, 2.05) is 54.6 Å². The van der Waals surface area contributed by atoms with Crippen LogP contribution in [0.25, 0.3) is 78.2 Å². The first-order valence-electron chi connectivity index (χ1n) is 15.1. The SMILES string of the molecule is Cc1cc(-c2cc(-c3ccccc3)nc(-c3ccccc3)n2)cc(-c2nc(-c3cccc4ccccc34)c3ccccc3n2)c1. The maximum Gasteiger partial charge on any atom is 0.160 e. The second kappa shape index (κ2) is 11.3. The summed E-state index contributed by atoms with van der Waals surface area (Å²) >= 11 is 0. The smallest absolute Gasteiger partial charge is 0.160 e. The van der Waals surface area contributed by atoms with Crippen LogP contribution in [0.1, 0.15) is 5.56 Å². The van der Waals surface area contributed by atoms with Crippen LogP contribution in [0.2, 0.25) is 0 Å². The first kappa shape index (κ1) is 26.6. The second-order valence-corrected chi connectivity index (χ2v) is 11.2. The first-order valence-corrected chi connectivity index (χ1v) is 15.1. The van der Waals surface area contributed by atoms with Crippen LogP contribution < -0.4 is 0 Å². The summed E-state index contributed by atoms with van der Waals surface area (Å²) in [6.45, 7) is 2.11. The van der Waals surface area contributed by atoms with Crippen LogP contribution >= 0.6 is 0 Å². The maximum atomic E-state index is 5.25. The lowest BCUT2D eigenvalue weighted by atomic mass is 9.98. The molecule has 0 atom stereocenters. The Morgan fingerprint density at radius 2 is 1.00 bits per heavy atom. The molecular weight excluding hydrogens is 548 g/mol. The van der Waals surface area contributed by atoms with Crippen molar-refractivity contribution in [1.29, 1.82) is 0 Å². The lowest BCUT2D eigenvalue weighted by Crippen LogP contribution is -1.98. The first-order chi connectivity index (χ1) is 22.2. The highest BCUT2D eigenvalue weighted by Gasteiger charge is 2.16. The zero-order chi connectivity index (χ0) is 30.2. The molecule has 6 aromatic carbocycles. The van der Waals surface area contributed by atoms with E-state index < -0.39 is 0 Å². The topological polar surface area (TPSA) is 51.6 Å². The van der Waals surface area contributed by atoms with Crippen LogP contribution in [0.5, 0.6) is 0 Å². The molecule has 0 aliphatic carbocycles. The Hall–Kier alpha value is -6.00. The van der Waals surface area contributed by atoms with Crippen molar-refractivity contribution in [2.45, 2.75) is 6.92 Å². The van der Waals surface area contributed by atoms with Gasteiger partial charge in [-0.05, 0) is 53.6 Å². The Balaban J connectivity index is 1.32. The van der Waals surface area contributed by atoms with Gasteiger partial charge < -0.3 is 0 Å². The maximum absolute atomic E-state index is 5.25. The normalized spacial score (nSPS) is 11.2. The van der Waals surface area contributed by atoms with Gasteiger partial charge in [0.05, 0.1) is 22.6 Å². The van der Waals surface area contributed by atoms with Crippen molar-refractivity contribution in [1.82, 2.24) is 19.9 Å². The number of benzene rings is 6. The number of para-hydroxylation sites is 1. The van der Waals surface area contributed by atoms with E-state index in [1.54, 1.807) is 0 Å². The molecule has 0 aliphatic rings. The molecule has 45 heavy (non-hydrogen) atoms. The third-order valence-electron chi connectivity index (χ3n) is 8.11. The molecule has 0 aliphatic heterocycles. The second-order valence-electron chi connectivity index (χ2n) is 11.2. The molecule has 0 radical (unpaired) electrons. The predicted octanol–water partition coefficient (Wildman–Crippen LogP) is 10.2. The van der Waals surface area contributed by atoms with E-state index in [1.165, 1.54) is 10.8 Å². The highest BCUT2D eigenvalue weighted by molar-refractivity contribution is 6.03. The van der Waals surface area contributed by atoms with Crippen LogP contribution in [-0.4, -0.2) is 19.9 Å². The molecule has 0 fully saturated rings. The van der Waals surface area contributed by atoms with Crippen molar-refractivity contribution in [2.75, 3.05) is 0 Å². The van der Waals surface area contributed by atoms with Gasteiger partial charge in [0, 0.05) is 33.2 Å².